The van der Waals surface area contributed by atoms with Gasteiger partial charge in [-0.05, 0) is 62.3 Å². The quantitative estimate of drug-likeness (QED) is 0.493. The summed E-state index contributed by atoms with van der Waals surface area (Å²) in [5.74, 6) is -2.22. The number of ether oxygens (including phenoxy) is 1. The first-order valence-electron chi connectivity index (χ1n) is 13.5. The molecule has 0 saturated carbocycles. The largest absolute Gasteiger partial charge is 0.394 e. The standard InChI is InChI=1S/C30H37N3O5/c1-17(2)15-21(16-34)33-26(28(36)32-25-18(3)9-8-10-19(25)4)30-14-13-22(38-30)23(24(30)29(33)37)27(35)31-20-11-6-5-7-12-20/h5-12,17,21-24,26,34H,13-16H2,1-4H3,(H,31,35)(H,32,36)/t21-,22+,23-,24+,26?,30?/m1/s1. The van der Waals surface area contributed by atoms with Crippen LogP contribution in [0.2, 0.25) is 0 Å². The second-order valence-corrected chi connectivity index (χ2v) is 11.4. The zero-order valence-corrected chi connectivity index (χ0v) is 22.4. The van der Waals surface area contributed by atoms with Crippen molar-refractivity contribution in [3.8, 4) is 0 Å². The molecule has 3 aliphatic rings. The fourth-order valence-corrected chi connectivity index (χ4v) is 6.85. The molecule has 3 amide bonds. The molecule has 1 spiro atoms. The Labute approximate surface area is 223 Å². The van der Waals surface area contributed by atoms with Gasteiger partial charge in [0.25, 0.3) is 0 Å². The monoisotopic (exact) mass is 519 g/mol. The number of benzene rings is 2. The van der Waals surface area contributed by atoms with Crippen LogP contribution in [0.15, 0.2) is 48.5 Å². The molecule has 2 unspecified atom stereocenters. The van der Waals surface area contributed by atoms with Crippen molar-refractivity contribution in [1.82, 2.24) is 4.90 Å². The Morgan fingerprint density at radius 1 is 1.05 bits per heavy atom. The Balaban J connectivity index is 1.53. The van der Waals surface area contributed by atoms with Gasteiger partial charge >= 0.3 is 0 Å². The molecular weight excluding hydrogens is 482 g/mol. The maximum Gasteiger partial charge on any atom is 0.250 e. The van der Waals surface area contributed by atoms with Crippen molar-refractivity contribution in [3.63, 3.8) is 0 Å². The molecule has 0 radical (unpaired) electrons. The summed E-state index contributed by atoms with van der Waals surface area (Å²) in [6.07, 6.45) is 1.18. The minimum atomic E-state index is -1.12. The number of likely N-dealkylation sites (tertiary alicyclic amines) is 1. The Morgan fingerprint density at radius 2 is 1.74 bits per heavy atom. The number of hydrogen-bond donors (Lipinski definition) is 3. The summed E-state index contributed by atoms with van der Waals surface area (Å²) in [6.45, 7) is 7.62. The summed E-state index contributed by atoms with van der Waals surface area (Å²) >= 11 is 0. The zero-order chi connectivity index (χ0) is 27.2. The first-order valence-corrected chi connectivity index (χ1v) is 13.5. The summed E-state index contributed by atoms with van der Waals surface area (Å²) in [6, 6.07) is 13.4. The van der Waals surface area contributed by atoms with Crippen LogP contribution in [0.3, 0.4) is 0 Å². The molecule has 0 aliphatic carbocycles. The molecular formula is C30H37N3O5. The molecule has 8 nitrogen and oxygen atoms in total. The third kappa shape index (κ3) is 4.29. The van der Waals surface area contributed by atoms with E-state index in [0.717, 1.165) is 11.1 Å². The van der Waals surface area contributed by atoms with E-state index in [1.54, 1.807) is 12.1 Å². The van der Waals surface area contributed by atoms with Crippen molar-refractivity contribution >= 4 is 29.1 Å². The van der Waals surface area contributed by atoms with Crippen LogP contribution in [0.4, 0.5) is 11.4 Å². The first kappa shape index (κ1) is 26.4. The van der Waals surface area contributed by atoms with Gasteiger partial charge in [-0.1, -0.05) is 50.2 Å². The van der Waals surface area contributed by atoms with Crippen LogP contribution < -0.4 is 10.6 Å². The third-order valence-corrected chi connectivity index (χ3v) is 8.41. The van der Waals surface area contributed by atoms with E-state index >= 15 is 0 Å². The first-order chi connectivity index (χ1) is 18.2. The molecule has 3 N–H and O–H groups in total. The maximum atomic E-state index is 14.2. The van der Waals surface area contributed by atoms with Crippen LogP contribution in [0.1, 0.15) is 44.2 Å². The van der Waals surface area contributed by atoms with E-state index in [1.807, 2.05) is 64.1 Å². The summed E-state index contributed by atoms with van der Waals surface area (Å²) in [5, 5.41) is 16.4. The van der Waals surface area contributed by atoms with Gasteiger partial charge in [0.05, 0.1) is 30.6 Å². The van der Waals surface area contributed by atoms with Gasteiger partial charge in [0.1, 0.15) is 11.6 Å². The number of para-hydroxylation sites is 2. The van der Waals surface area contributed by atoms with Gasteiger partial charge in [-0.15, -0.1) is 0 Å². The number of aliphatic hydroxyl groups is 1. The van der Waals surface area contributed by atoms with Gasteiger partial charge in [-0.25, -0.2) is 0 Å². The van der Waals surface area contributed by atoms with E-state index < -0.39 is 35.6 Å². The molecule has 2 aromatic rings. The number of aryl methyl sites for hydroxylation is 2. The second-order valence-electron chi connectivity index (χ2n) is 11.4. The highest BCUT2D eigenvalue weighted by atomic mass is 16.5. The highest BCUT2D eigenvalue weighted by molar-refractivity contribution is 6.05. The predicted octanol–water partition coefficient (Wildman–Crippen LogP) is 3.66. The average molecular weight is 520 g/mol. The van der Waals surface area contributed by atoms with Crippen LogP contribution in [0.5, 0.6) is 0 Å². The van der Waals surface area contributed by atoms with Gasteiger partial charge in [-0.2, -0.15) is 0 Å². The highest BCUT2D eigenvalue weighted by Crippen LogP contribution is 2.59. The second kappa shape index (κ2) is 10.2. The van der Waals surface area contributed by atoms with Crippen LogP contribution in [-0.4, -0.2) is 58.1 Å². The highest BCUT2D eigenvalue weighted by Gasteiger charge is 2.75. The van der Waals surface area contributed by atoms with Crippen LogP contribution in [0, 0.1) is 31.6 Å². The summed E-state index contributed by atoms with van der Waals surface area (Å²) in [4.78, 5) is 43.4. The molecule has 2 bridgehead atoms. The number of fused-ring (bicyclic) bond motifs is 1. The smallest absolute Gasteiger partial charge is 0.250 e. The third-order valence-electron chi connectivity index (χ3n) is 8.41. The molecule has 5 rings (SSSR count). The topological polar surface area (TPSA) is 108 Å². The van der Waals surface area contributed by atoms with Crippen molar-refractivity contribution in [2.75, 3.05) is 17.2 Å². The van der Waals surface area contributed by atoms with Crippen molar-refractivity contribution in [2.45, 2.75) is 70.7 Å². The van der Waals surface area contributed by atoms with Crippen LogP contribution in [-0.2, 0) is 19.1 Å². The van der Waals surface area contributed by atoms with E-state index in [-0.39, 0.29) is 30.2 Å². The Morgan fingerprint density at radius 3 is 2.37 bits per heavy atom. The number of nitrogens with one attached hydrogen (secondary N) is 2. The summed E-state index contributed by atoms with van der Waals surface area (Å²) in [7, 11) is 0. The number of rotatable bonds is 8. The van der Waals surface area contributed by atoms with Crippen molar-refractivity contribution in [3.05, 3.63) is 59.7 Å². The van der Waals surface area contributed by atoms with E-state index in [2.05, 4.69) is 10.6 Å². The lowest BCUT2D eigenvalue weighted by Crippen LogP contribution is -2.56. The summed E-state index contributed by atoms with van der Waals surface area (Å²) < 4.78 is 6.52. The van der Waals surface area contributed by atoms with Gasteiger partial charge < -0.3 is 25.4 Å². The predicted molar refractivity (Wildman–Crippen MR) is 144 cm³/mol. The van der Waals surface area contributed by atoms with Gasteiger partial charge in [-0.3, -0.25) is 14.4 Å². The van der Waals surface area contributed by atoms with E-state index in [4.69, 9.17) is 4.74 Å². The van der Waals surface area contributed by atoms with E-state index in [9.17, 15) is 19.5 Å². The molecule has 3 aliphatic heterocycles. The maximum absolute atomic E-state index is 14.2. The van der Waals surface area contributed by atoms with Crippen molar-refractivity contribution in [1.29, 1.82) is 0 Å². The molecule has 3 heterocycles. The van der Waals surface area contributed by atoms with E-state index in [0.29, 0.717) is 30.6 Å². The number of amides is 3. The minimum Gasteiger partial charge on any atom is -0.394 e. The molecule has 3 saturated heterocycles. The Hall–Kier alpha value is -3.23. The SMILES string of the molecule is Cc1cccc(C)c1NC(=O)C1N([C@@H](CO)CC(C)C)C(=O)[C@@H]2[C@H](C(=O)Nc3ccccc3)[C@@H]3CCC12O3. The Bertz CT molecular complexity index is 1210. The Kier molecular flexibility index (Phi) is 7.05. The fraction of sp³-hybridized carbons (Fsp3) is 0.500. The molecule has 8 heteroatoms. The average Bonchev–Trinajstić information content (AvgIpc) is 3.52. The number of aliphatic hydroxyl groups excluding tert-OH is 1. The zero-order valence-electron chi connectivity index (χ0n) is 22.4. The number of hydrogen-bond acceptors (Lipinski definition) is 5. The van der Waals surface area contributed by atoms with Gasteiger partial charge in [0, 0.05) is 11.4 Å². The molecule has 2 aromatic carbocycles. The lowest BCUT2D eigenvalue weighted by molar-refractivity contribution is -0.143. The number of anilines is 2. The van der Waals surface area contributed by atoms with Gasteiger partial charge in [0.2, 0.25) is 17.7 Å². The number of nitrogens with zero attached hydrogens (tertiary/aromatic N) is 1. The lowest BCUT2D eigenvalue weighted by atomic mass is 9.70. The van der Waals surface area contributed by atoms with Gasteiger partial charge in [0.15, 0.2) is 0 Å². The van der Waals surface area contributed by atoms with Crippen molar-refractivity contribution < 1.29 is 24.2 Å². The van der Waals surface area contributed by atoms with E-state index in [1.165, 1.54) is 4.90 Å². The molecule has 3 fully saturated rings. The lowest BCUT2D eigenvalue weighted by Gasteiger charge is -2.37. The normalized spacial score (nSPS) is 28.5. The number of carbonyl (C=O) groups is 3. The van der Waals surface area contributed by atoms with Crippen molar-refractivity contribution in [2.24, 2.45) is 17.8 Å². The number of carbonyl (C=O) groups excluding carboxylic acids is 3. The molecule has 6 atom stereocenters. The molecule has 38 heavy (non-hydrogen) atoms. The molecule has 0 aromatic heterocycles. The summed E-state index contributed by atoms with van der Waals surface area (Å²) in [5.41, 5.74) is 2.07. The molecule has 202 valence electrons. The van der Waals surface area contributed by atoms with Crippen LogP contribution in [0.25, 0.3) is 0 Å². The minimum absolute atomic E-state index is 0.189. The van der Waals surface area contributed by atoms with Crippen LogP contribution >= 0.6 is 0 Å². The fourth-order valence-electron chi connectivity index (χ4n) is 6.85.